The van der Waals surface area contributed by atoms with Crippen LogP contribution in [0.3, 0.4) is 0 Å². The van der Waals surface area contributed by atoms with Crippen molar-refractivity contribution in [1.82, 2.24) is 4.98 Å². The van der Waals surface area contributed by atoms with Gasteiger partial charge in [-0.2, -0.15) is 4.98 Å². The van der Waals surface area contributed by atoms with Crippen LogP contribution in [-0.2, 0) is 9.53 Å². The minimum Gasteiger partial charge on any atom is -0.466 e. The molecule has 0 amide bonds. The molecule has 1 heterocycles. The summed E-state index contributed by atoms with van der Waals surface area (Å²) < 4.78 is 9.35. The summed E-state index contributed by atoms with van der Waals surface area (Å²) in [6.45, 7) is -0.160. The lowest BCUT2D eigenvalue weighted by Gasteiger charge is -2.03. The number of rotatable bonds is 3. The van der Waals surface area contributed by atoms with Gasteiger partial charge in [0, 0.05) is 6.07 Å². The van der Waals surface area contributed by atoms with E-state index in [-0.39, 0.29) is 6.61 Å². The van der Waals surface area contributed by atoms with Gasteiger partial charge in [0.15, 0.2) is 6.61 Å². The van der Waals surface area contributed by atoms with E-state index in [9.17, 15) is 4.79 Å². The van der Waals surface area contributed by atoms with Gasteiger partial charge in [0.2, 0.25) is 5.88 Å². The number of nitrogens with two attached hydrogens (primary N) is 1. The SMILES string of the molecule is COC(=O)COc1cccc(N)n1. The largest absolute Gasteiger partial charge is 0.466 e. The first-order valence-electron chi connectivity index (χ1n) is 3.64. The lowest BCUT2D eigenvalue weighted by molar-refractivity contribution is -0.143. The first kappa shape index (κ1) is 9.31. The van der Waals surface area contributed by atoms with Gasteiger partial charge in [-0.05, 0) is 6.07 Å². The van der Waals surface area contributed by atoms with Crippen LogP contribution >= 0.6 is 0 Å². The summed E-state index contributed by atoms with van der Waals surface area (Å²) in [4.78, 5) is 14.5. The van der Waals surface area contributed by atoms with Gasteiger partial charge < -0.3 is 15.2 Å². The first-order chi connectivity index (χ1) is 6.22. The fourth-order valence-corrected chi connectivity index (χ4v) is 0.703. The summed E-state index contributed by atoms with van der Waals surface area (Å²) in [7, 11) is 1.29. The number of aromatic nitrogens is 1. The minimum atomic E-state index is -0.454. The molecule has 5 heteroatoms. The van der Waals surface area contributed by atoms with Gasteiger partial charge in [-0.3, -0.25) is 0 Å². The molecule has 0 unspecified atom stereocenters. The third-order valence-corrected chi connectivity index (χ3v) is 1.31. The highest BCUT2D eigenvalue weighted by Crippen LogP contribution is 2.07. The number of methoxy groups -OCH3 is 1. The number of nitrogens with zero attached hydrogens (tertiary/aromatic N) is 1. The van der Waals surface area contributed by atoms with Crippen molar-refractivity contribution in [2.24, 2.45) is 0 Å². The highest BCUT2D eigenvalue weighted by Gasteiger charge is 2.01. The van der Waals surface area contributed by atoms with E-state index in [1.54, 1.807) is 18.2 Å². The number of esters is 1. The first-order valence-corrected chi connectivity index (χ1v) is 3.64. The number of ether oxygens (including phenoxy) is 2. The van der Waals surface area contributed by atoms with Crippen molar-refractivity contribution in [3.8, 4) is 5.88 Å². The number of carbonyl (C=O) groups is 1. The second-order valence-electron chi connectivity index (χ2n) is 2.27. The number of nitrogen functional groups attached to an aromatic ring is 1. The Balaban J connectivity index is 2.50. The molecule has 0 saturated heterocycles. The van der Waals surface area contributed by atoms with Crippen molar-refractivity contribution in [1.29, 1.82) is 0 Å². The quantitative estimate of drug-likeness (QED) is 0.676. The van der Waals surface area contributed by atoms with Crippen LogP contribution in [0.2, 0.25) is 0 Å². The third-order valence-electron chi connectivity index (χ3n) is 1.31. The molecule has 0 aliphatic rings. The lowest BCUT2D eigenvalue weighted by atomic mass is 10.4. The van der Waals surface area contributed by atoms with Gasteiger partial charge in [0.1, 0.15) is 5.82 Å². The summed E-state index contributed by atoms with van der Waals surface area (Å²) in [5.74, 6) is 0.206. The summed E-state index contributed by atoms with van der Waals surface area (Å²) in [5, 5.41) is 0. The summed E-state index contributed by atoms with van der Waals surface area (Å²) in [6.07, 6.45) is 0. The molecule has 0 aliphatic carbocycles. The van der Waals surface area contributed by atoms with Gasteiger partial charge in [0.25, 0.3) is 0 Å². The van der Waals surface area contributed by atoms with Crippen LogP contribution in [-0.4, -0.2) is 24.7 Å². The van der Waals surface area contributed by atoms with Crippen LogP contribution < -0.4 is 10.5 Å². The molecular formula is C8H10N2O3. The molecule has 0 aromatic carbocycles. The van der Waals surface area contributed by atoms with E-state index in [1.807, 2.05) is 0 Å². The maximum atomic E-state index is 10.7. The molecule has 0 radical (unpaired) electrons. The predicted octanol–water partition coefficient (Wildman–Crippen LogP) is 0.216. The highest BCUT2D eigenvalue weighted by atomic mass is 16.6. The number of hydrogen-bond donors (Lipinski definition) is 1. The summed E-state index contributed by atoms with van der Waals surface area (Å²) in [5.41, 5.74) is 5.39. The minimum absolute atomic E-state index is 0.160. The average molecular weight is 182 g/mol. The summed E-state index contributed by atoms with van der Waals surface area (Å²) in [6, 6.07) is 4.93. The Morgan fingerprint density at radius 2 is 2.38 bits per heavy atom. The monoisotopic (exact) mass is 182 g/mol. The Morgan fingerprint density at radius 1 is 1.62 bits per heavy atom. The van der Waals surface area contributed by atoms with Crippen molar-refractivity contribution in [3.05, 3.63) is 18.2 Å². The van der Waals surface area contributed by atoms with Crippen molar-refractivity contribution < 1.29 is 14.3 Å². The highest BCUT2D eigenvalue weighted by molar-refractivity contribution is 5.70. The van der Waals surface area contributed by atoms with Crippen LogP contribution in [0.15, 0.2) is 18.2 Å². The molecule has 0 fully saturated rings. The topological polar surface area (TPSA) is 74.4 Å². The molecule has 0 aliphatic heterocycles. The van der Waals surface area contributed by atoms with Crippen LogP contribution in [0.5, 0.6) is 5.88 Å². The number of hydrogen-bond acceptors (Lipinski definition) is 5. The molecular weight excluding hydrogens is 172 g/mol. The van der Waals surface area contributed by atoms with E-state index < -0.39 is 5.97 Å². The van der Waals surface area contributed by atoms with E-state index in [2.05, 4.69) is 9.72 Å². The third kappa shape index (κ3) is 2.98. The molecule has 2 N–H and O–H groups in total. The molecule has 1 rings (SSSR count). The fraction of sp³-hybridized carbons (Fsp3) is 0.250. The van der Waals surface area contributed by atoms with Crippen molar-refractivity contribution in [2.45, 2.75) is 0 Å². The maximum absolute atomic E-state index is 10.7. The Labute approximate surface area is 75.5 Å². The van der Waals surface area contributed by atoms with Crippen LogP contribution in [0.4, 0.5) is 5.82 Å². The maximum Gasteiger partial charge on any atom is 0.343 e. The second kappa shape index (κ2) is 4.30. The molecule has 13 heavy (non-hydrogen) atoms. The molecule has 0 saturated carbocycles. The normalized spacial score (nSPS) is 9.31. The Kier molecular flexibility index (Phi) is 3.08. The lowest BCUT2D eigenvalue weighted by Crippen LogP contribution is -2.13. The zero-order valence-corrected chi connectivity index (χ0v) is 7.19. The standard InChI is InChI=1S/C8H10N2O3/c1-12-8(11)5-13-7-4-2-3-6(9)10-7/h2-4H,5H2,1H3,(H2,9,10). The predicted molar refractivity (Wildman–Crippen MR) is 46.2 cm³/mol. The number of carbonyl (C=O) groups excluding carboxylic acids is 1. The molecule has 70 valence electrons. The number of anilines is 1. The average Bonchev–Trinajstić information content (AvgIpc) is 2.14. The van der Waals surface area contributed by atoms with Crippen LogP contribution in [0.25, 0.3) is 0 Å². The van der Waals surface area contributed by atoms with Gasteiger partial charge >= 0.3 is 5.97 Å². The van der Waals surface area contributed by atoms with Gasteiger partial charge in [-0.15, -0.1) is 0 Å². The van der Waals surface area contributed by atoms with Crippen molar-refractivity contribution >= 4 is 11.8 Å². The van der Waals surface area contributed by atoms with E-state index in [1.165, 1.54) is 7.11 Å². The van der Waals surface area contributed by atoms with E-state index in [0.29, 0.717) is 11.7 Å². The fourth-order valence-electron chi connectivity index (χ4n) is 0.703. The molecule has 5 nitrogen and oxygen atoms in total. The molecule has 0 atom stereocenters. The van der Waals surface area contributed by atoms with Gasteiger partial charge in [-0.1, -0.05) is 6.07 Å². The van der Waals surface area contributed by atoms with Crippen molar-refractivity contribution in [3.63, 3.8) is 0 Å². The Hall–Kier alpha value is -1.78. The zero-order valence-electron chi connectivity index (χ0n) is 7.19. The van der Waals surface area contributed by atoms with E-state index >= 15 is 0 Å². The van der Waals surface area contributed by atoms with E-state index in [0.717, 1.165) is 0 Å². The smallest absolute Gasteiger partial charge is 0.343 e. The van der Waals surface area contributed by atoms with Crippen molar-refractivity contribution in [2.75, 3.05) is 19.5 Å². The van der Waals surface area contributed by atoms with Crippen LogP contribution in [0.1, 0.15) is 0 Å². The van der Waals surface area contributed by atoms with E-state index in [4.69, 9.17) is 10.5 Å². The summed E-state index contributed by atoms with van der Waals surface area (Å²) >= 11 is 0. The second-order valence-corrected chi connectivity index (χ2v) is 2.27. The van der Waals surface area contributed by atoms with Crippen LogP contribution in [0, 0.1) is 0 Å². The zero-order chi connectivity index (χ0) is 9.68. The Bertz CT molecular complexity index is 301. The Morgan fingerprint density at radius 3 is 3.00 bits per heavy atom. The molecule has 0 spiro atoms. The molecule has 1 aromatic rings. The molecule has 1 aromatic heterocycles. The van der Waals surface area contributed by atoms with Gasteiger partial charge in [-0.25, -0.2) is 4.79 Å². The molecule has 0 bridgehead atoms. The number of pyridine rings is 1. The van der Waals surface area contributed by atoms with Gasteiger partial charge in [0.05, 0.1) is 7.11 Å².